The van der Waals surface area contributed by atoms with Crippen LogP contribution >= 0.6 is 11.8 Å². The van der Waals surface area contributed by atoms with Crippen LogP contribution in [0.15, 0.2) is 53.5 Å². The Morgan fingerprint density at radius 3 is 2.48 bits per heavy atom. The van der Waals surface area contributed by atoms with Gasteiger partial charge in [0.25, 0.3) is 0 Å². The van der Waals surface area contributed by atoms with E-state index in [1.165, 1.54) is 23.9 Å². The van der Waals surface area contributed by atoms with Gasteiger partial charge >= 0.3 is 0 Å². The molecule has 8 heteroatoms. The summed E-state index contributed by atoms with van der Waals surface area (Å²) in [5.74, 6) is -0.382. The van der Waals surface area contributed by atoms with Gasteiger partial charge in [-0.1, -0.05) is 11.8 Å². The minimum Gasteiger partial charge on any atom is -0.508 e. The number of nitrogens with zero attached hydrogens (tertiary/aromatic N) is 2. The van der Waals surface area contributed by atoms with Crippen molar-refractivity contribution in [3.63, 3.8) is 0 Å². The minimum absolute atomic E-state index is 0.0377. The fourth-order valence-electron chi connectivity index (χ4n) is 2.46. The number of amidine groups is 1. The predicted octanol–water partition coefficient (Wildman–Crippen LogP) is 2.71. The number of anilines is 2. The van der Waals surface area contributed by atoms with Crippen molar-refractivity contribution < 1.29 is 14.7 Å². The van der Waals surface area contributed by atoms with Crippen molar-refractivity contribution in [2.75, 3.05) is 24.3 Å². The molecule has 7 nitrogen and oxygen atoms in total. The van der Waals surface area contributed by atoms with E-state index in [4.69, 9.17) is 0 Å². The summed E-state index contributed by atoms with van der Waals surface area (Å²) in [6, 6.07) is 13.8. The van der Waals surface area contributed by atoms with Crippen LogP contribution in [0.25, 0.3) is 0 Å². The van der Waals surface area contributed by atoms with E-state index in [9.17, 15) is 14.7 Å². The molecule has 1 aliphatic heterocycles. The van der Waals surface area contributed by atoms with Crippen molar-refractivity contribution >= 4 is 45.8 Å². The molecule has 0 aromatic heterocycles. The van der Waals surface area contributed by atoms with Gasteiger partial charge in [0.1, 0.15) is 11.0 Å². The van der Waals surface area contributed by atoms with E-state index in [2.05, 4.69) is 15.6 Å². The summed E-state index contributed by atoms with van der Waals surface area (Å²) in [5.41, 5.74) is 2.36. The van der Waals surface area contributed by atoms with Crippen LogP contribution in [0.4, 0.5) is 17.1 Å². The minimum atomic E-state index is -0.526. The molecular formula is C19H20N4O3S. The number of hydrogen-bond donors (Lipinski definition) is 3. The molecule has 1 heterocycles. The van der Waals surface area contributed by atoms with Crippen LogP contribution in [0, 0.1) is 0 Å². The smallest absolute Gasteiger partial charge is 0.240 e. The Hall–Kier alpha value is -3.00. The molecule has 2 aromatic rings. The number of rotatable bonds is 5. The quantitative estimate of drug-likeness (QED) is 0.689. The zero-order valence-electron chi connectivity index (χ0n) is 15.0. The van der Waals surface area contributed by atoms with Gasteiger partial charge in [-0.25, -0.2) is 4.99 Å². The van der Waals surface area contributed by atoms with E-state index >= 15 is 0 Å². The third-order valence-corrected chi connectivity index (χ3v) is 4.98. The zero-order chi connectivity index (χ0) is 19.4. The summed E-state index contributed by atoms with van der Waals surface area (Å²) < 4.78 is 0. The van der Waals surface area contributed by atoms with Gasteiger partial charge in [0.05, 0.1) is 5.69 Å². The molecule has 0 bridgehead atoms. The molecule has 3 rings (SSSR count). The lowest BCUT2D eigenvalue weighted by atomic mass is 10.2. The first-order valence-electron chi connectivity index (χ1n) is 8.33. The Labute approximate surface area is 161 Å². The van der Waals surface area contributed by atoms with Crippen molar-refractivity contribution in [3.8, 4) is 5.75 Å². The second-order valence-electron chi connectivity index (χ2n) is 6.22. The highest BCUT2D eigenvalue weighted by atomic mass is 32.2. The van der Waals surface area contributed by atoms with Crippen LogP contribution < -0.4 is 15.5 Å². The lowest BCUT2D eigenvalue weighted by Gasteiger charge is -2.11. The van der Waals surface area contributed by atoms with E-state index in [0.717, 1.165) is 11.4 Å². The summed E-state index contributed by atoms with van der Waals surface area (Å²) in [7, 11) is 3.92. The number of benzene rings is 2. The summed E-state index contributed by atoms with van der Waals surface area (Å²) >= 11 is 1.24. The molecule has 3 N–H and O–H groups in total. The standard InChI is InChI=1S/C19H20N4O3S/c1-23(2)14-7-3-13(4-8-14)21-19-22-18(26)16(27-19)11-17(25)20-12-5-9-15(24)10-6-12/h3-10,16,24H,11H2,1-2H3,(H,20,25)(H,21,22,26). The Morgan fingerprint density at radius 2 is 1.85 bits per heavy atom. The average Bonchev–Trinajstić information content (AvgIpc) is 2.96. The summed E-state index contributed by atoms with van der Waals surface area (Å²) in [4.78, 5) is 30.7. The first kappa shape index (κ1) is 18.8. The third-order valence-electron chi connectivity index (χ3n) is 3.90. The van der Waals surface area contributed by atoms with E-state index in [0.29, 0.717) is 10.9 Å². The van der Waals surface area contributed by atoms with E-state index in [1.54, 1.807) is 12.1 Å². The van der Waals surface area contributed by atoms with Crippen LogP contribution in [0.3, 0.4) is 0 Å². The lowest BCUT2D eigenvalue weighted by molar-refractivity contribution is -0.122. The maximum Gasteiger partial charge on any atom is 0.240 e. The Morgan fingerprint density at radius 1 is 1.19 bits per heavy atom. The number of hydrogen-bond acceptors (Lipinski definition) is 6. The molecule has 0 aliphatic carbocycles. The Bertz CT molecular complexity index is 864. The van der Waals surface area contributed by atoms with E-state index in [1.807, 2.05) is 43.3 Å². The number of carbonyl (C=O) groups is 2. The van der Waals surface area contributed by atoms with Crippen molar-refractivity contribution in [2.24, 2.45) is 4.99 Å². The van der Waals surface area contributed by atoms with Gasteiger partial charge in [-0.05, 0) is 48.5 Å². The Kier molecular flexibility index (Phi) is 5.66. The van der Waals surface area contributed by atoms with Crippen molar-refractivity contribution in [3.05, 3.63) is 48.5 Å². The highest BCUT2D eigenvalue weighted by Crippen LogP contribution is 2.26. The normalized spacial score (nSPS) is 17.6. The molecule has 140 valence electrons. The average molecular weight is 384 g/mol. The Balaban J connectivity index is 1.59. The number of aliphatic imine (C=N–C) groups is 1. The SMILES string of the molecule is CN(C)c1ccc(N=C2NC(=O)C(CC(=O)Nc3ccc(O)cc3)S2)cc1. The fraction of sp³-hybridized carbons (Fsp3) is 0.211. The van der Waals surface area contributed by atoms with Crippen molar-refractivity contribution in [1.29, 1.82) is 0 Å². The molecule has 2 amide bonds. The maximum atomic E-state index is 12.2. The first-order valence-corrected chi connectivity index (χ1v) is 9.21. The molecule has 1 fully saturated rings. The van der Waals surface area contributed by atoms with Crippen LogP contribution in [0.2, 0.25) is 0 Å². The van der Waals surface area contributed by atoms with Crippen molar-refractivity contribution in [2.45, 2.75) is 11.7 Å². The molecule has 0 radical (unpaired) electrons. The van der Waals surface area contributed by atoms with Gasteiger partial charge < -0.3 is 20.6 Å². The largest absolute Gasteiger partial charge is 0.508 e. The van der Waals surface area contributed by atoms with Gasteiger partial charge in [-0.15, -0.1) is 0 Å². The number of nitrogens with one attached hydrogen (secondary N) is 2. The number of thioether (sulfide) groups is 1. The zero-order valence-corrected chi connectivity index (χ0v) is 15.8. The fourth-order valence-corrected chi connectivity index (χ4v) is 3.45. The number of phenols is 1. The van der Waals surface area contributed by atoms with Gasteiger partial charge in [-0.2, -0.15) is 0 Å². The summed E-state index contributed by atoms with van der Waals surface area (Å²) in [5, 5.41) is 14.7. The van der Waals surface area contributed by atoms with Gasteiger partial charge in [-0.3, -0.25) is 9.59 Å². The summed E-state index contributed by atoms with van der Waals surface area (Å²) in [6.45, 7) is 0. The molecule has 1 atom stereocenters. The molecule has 1 saturated heterocycles. The van der Waals surface area contributed by atoms with Crippen LogP contribution in [-0.2, 0) is 9.59 Å². The number of aromatic hydroxyl groups is 1. The topological polar surface area (TPSA) is 94.0 Å². The van der Waals surface area contributed by atoms with E-state index in [-0.39, 0.29) is 24.0 Å². The highest BCUT2D eigenvalue weighted by molar-refractivity contribution is 8.15. The maximum absolute atomic E-state index is 12.2. The number of amides is 2. The van der Waals surface area contributed by atoms with Gasteiger partial charge in [0.15, 0.2) is 5.17 Å². The summed E-state index contributed by atoms with van der Waals surface area (Å²) in [6.07, 6.45) is 0.0377. The third kappa shape index (κ3) is 5.01. The highest BCUT2D eigenvalue weighted by Gasteiger charge is 2.32. The van der Waals surface area contributed by atoms with Gasteiger partial charge in [0, 0.05) is 31.9 Å². The van der Waals surface area contributed by atoms with Crippen LogP contribution in [-0.4, -0.2) is 41.4 Å². The molecule has 1 unspecified atom stereocenters. The monoisotopic (exact) mass is 384 g/mol. The van der Waals surface area contributed by atoms with E-state index < -0.39 is 5.25 Å². The van der Waals surface area contributed by atoms with Crippen LogP contribution in [0.1, 0.15) is 6.42 Å². The lowest BCUT2D eigenvalue weighted by Crippen LogP contribution is -2.28. The molecule has 0 spiro atoms. The second-order valence-corrected chi connectivity index (χ2v) is 7.41. The second kappa shape index (κ2) is 8.13. The molecule has 27 heavy (non-hydrogen) atoms. The van der Waals surface area contributed by atoms with Crippen molar-refractivity contribution in [1.82, 2.24) is 5.32 Å². The molecular weight excluding hydrogens is 364 g/mol. The van der Waals surface area contributed by atoms with Gasteiger partial charge in [0.2, 0.25) is 11.8 Å². The molecule has 1 aliphatic rings. The molecule has 0 saturated carbocycles. The number of carbonyl (C=O) groups excluding carboxylic acids is 2. The molecule has 2 aromatic carbocycles. The van der Waals surface area contributed by atoms with Crippen LogP contribution in [0.5, 0.6) is 5.75 Å². The predicted molar refractivity (Wildman–Crippen MR) is 109 cm³/mol. The number of phenolic OH excluding ortho intramolecular Hbond substituents is 1. The first-order chi connectivity index (χ1) is 12.9.